The second-order valence-electron chi connectivity index (χ2n) is 10.2. The minimum absolute atomic E-state index is 0.00211. The molecule has 0 saturated carbocycles. The molecule has 1 atom stereocenters. The highest BCUT2D eigenvalue weighted by molar-refractivity contribution is 6.33. The first-order valence-electron chi connectivity index (χ1n) is 12.5. The summed E-state index contributed by atoms with van der Waals surface area (Å²) in [4.78, 5) is 15.2. The van der Waals surface area contributed by atoms with E-state index in [0.717, 1.165) is 18.2 Å². The third-order valence-corrected chi connectivity index (χ3v) is 7.12. The van der Waals surface area contributed by atoms with Crippen molar-refractivity contribution in [1.29, 1.82) is 5.26 Å². The monoisotopic (exact) mass is 559 g/mol. The molecule has 6 nitrogen and oxygen atoms in total. The van der Waals surface area contributed by atoms with Crippen molar-refractivity contribution in [2.24, 2.45) is 11.1 Å². The van der Waals surface area contributed by atoms with Crippen LogP contribution >= 0.6 is 11.6 Å². The van der Waals surface area contributed by atoms with Crippen LogP contribution in [0, 0.1) is 16.7 Å². The molecule has 2 N–H and O–H groups in total. The zero-order valence-corrected chi connectivity index (χ0v) is 22.8. The average molecular weight is 560 g/mol. The van der Waals surface area contributed by atoms with E-state index in [4.69, 9.17) is 26.8 Å². The Bertz CT molecular complexity index is 1420. The normalized spacial score (nSPS) is 19.1. The number of carbonyl (C=O) groups is 1. The molecule has 1 aliphatic heterocycles. The number of ketones is 1. The molecule has 0 amide bonds. The lowest BCUT2D eigenvalue weighted by Gasteiger charge is -2.44. The summed E-state index contributed by atoms with van der Waals surface area (Å²) in [6.07, 6.45) is -4.15. The van der Waals surface area contributed by atoms with Crippen molar-refractivity contribution < 1.29 is 27.4 Å². The number of alkyl halides is 3. The predicted molar refractivity (Wildman–Crippen MR) is 142 cm³/mol. The molecule has 39 heavy (non-hydrogen) atoms. The van der Waals surface area contributed by atoms with E-state index in [1.54, 1.807) is 18.2 Å². The highest BCUT2D eigenvalue weighted by Crippen LogP contribution is 2.53. The van der Waals surface area contributed by atoms with E-state index in [-0.39, 0.29) is 39.9 Å². The van der Waals surface area contributed by atoms with Crippen LogP contribution in [0.4, 0.5) is 18.9 Å². The van der Waals surface area contributed by atoms with Gasteiger partial charge in [-0.05, 0) is 62.1 Å². The maximum Gasteiger partial charge on any atom is 0.416 e. The number of benzene rings is 2. The summed E-state index contributed by atoms with van der Waals surface area (Å²) < 4.78 is 52.6. The molecule has 1 heterocycles. The number of hydrogen-bond acceptors (Lipinski definition) is 6. The van der Waals surface area contributed by atoms with Crippen LogP contribution in [0.1, 0.15) is 57.6 Å². The number of carbonyl (C=O) groups excluding carboxylic acids is 1. The van der Waals surface area contributed by atoms with Crippen LogP contribution in [-0.4, -0.2) is 19.0 Å². The van der Waals surface area contributed by atoms with E-state index in [2.05, 4.69) is 6.07 Å². The van der Waals surface area contributed by atoms with E-state index in [9.17, 15) is 23.2 Å². The third-order valence-electron chi connectivity index (χ3n) is 6.80. The fourth-order valence-electron chi connectivity index (χ4n) is 5.25. The van der Waals surface area contributed by atoms with Gasteiger partial charge in [-0.3, -0.25) is 9.69 Å². The number of anilines is 1. The van der Waals surface area contributed by atoms with E-state index < -0.39 is 23.1 Å². The Morgan fingerprint density at radius 3 is 2.44 bits per heavy atom. The smallest absolute Gasteiger partial charge is 0.416 e. The van der Waals surface area contributed by atoms with Crippen molar-refractivity contribution in [1.82, 2.24) is 0 Å². The zero-order valence-electron chi connectivity index (χ0n) is 22.1. The molecule has 0 bridgehead atoms. The summed E-state index contributed by atoms with van der Waals surface area (Å²) in [5, 5.41) is 10.3. The highest BCUT2D eigenvalue weighted by atomic mass is 35.5. The number of Topliss-reactive ketones (excluding diaryl/α,β-unsaturated/α-hetero) is 1. The standard InChI is InChI=1S/C29H29ClF3N3O3/c1-5-38-17-8-10-24(39-6-2)18(12-17)25-19(15-34)27(35)36(22-13-28(3,4)14-23(37)26(22)25)21-11-16(29(31,32)33)7-9-20(21)30/h7-12,25H,5-6,13-14,35H2,1-4H3. The molecular weight excluding hydrogens is 531 g/mol. The number of nitriles is 1. The van der Waals surface area contributed by atoms with Gasteiger partial charge in [-0.1, -0.05) is 25.4 Å². The SMILES string of the molecule is CCOc1ccc(OCC)c(C2C(C#N)=C(N)N(c3cc(C(F)(F)F)ccc3Cl)C3=C2C(=O)CC(C)(C)C3)c1. The van der Waals surface area contributed by atoms with Crippen molar-refractivity contribution >= 4 is 23.1 Å². The number of hydrogen-bond donors (Lipinski definition) is 1. The fourth-order valence-corrected chi connectivity index (χ4v) is 5.45. The van der Waals surface area contributed by atoms with Crippen LogP contribution in [0.15, 0.2) is 59.1 Å². The minimum atomic E-state index is -4.64. The van der Waals surface area contributed by atoms with Gasteiger partial charge >= 0.3 is 6.18 Å². The number of halogens is 4. The molecular formula is C29H29ClF3N3O3. The largest absolute Gasteiger partial charge is 0.494 e. The lowest BCUT2D eigenvalue weighted by Crippen LogP contribution is -2.42. The number of nitrogens with two attached hydrogens (primary N) is 1. The van der Waals surface area contributed by atoms with Crippen LogP contribution in [0.3, 0.4) is 0 Å². The van der Waals surface area contributed by atoms with Crippen LogP contribution < -0.4 is 20.1 Å². The number of allylic oxidation sites excluding steroid dienone is 3. The van der Waals surface area contributed by atoms with E-state index in [0.29, 0.717) is 42.4 Å². The molecule has 2 aromatic carbocycles. The van der Waals surface area contributed by atoms with Gasteiger partial charge in [0.15, 0.2) is 5.78 Å². The van der Waals surface area contributed by atoms with Gasteiger partial charge in [0.2, 0.25) is 0 Å². The Balaban J connectivity index is 2.05. The number of nitrogens with zero attached hydrogens (tertiary/aromatic N) is 2. The second kappa shape index (κ2) is 10.5. The summed E-state index contributed by atoms with van der Waals surface area (Å²) in [5.74, 6) is -0.278. The van der Waals surface area contributed by atoms with Gasteiger partial charge in [-0.2, -0.15) is 18.4 Å². The Morgan fingerprint density at radius 1 is 1.13 bits per heavy atom. The molecule has 1 unspecified atom stereocenters. The Labute approximate surface area is 230 Å². The number of rotatable bonds is 6. The summed E-state index contributed by atoms with van der Waals surface area (Å²) >= 11 is 6.44. The molecule has 10 heteroatoms. The molecule has 0 saturated heterocycles. The Morgan fingerprint density at radius 2 is 1.82 bits per heavy atom. The molecule has 4 rings (SSSR count). The van der Waals surface area contributed by atoms with Gasteiger partial charge in [0.05, 0.1) is 47.0 Å². The quantitative estimate of drug-likeness (QED) is 0.406. The van der Waals surface area contributed by atoms with Gasteiger partial charge in [-0.15, -0.1) is 0 Å². The molecule has 0 radical (unpaired) electrons. The van der Waals surface area contributed by atoms with Gasteiger partial charge in [-0.25, -0.2) is 0 Å². The number of ether oxygens (including phenoxy) is 2. The van der Waals surface area contributed by atoms with E-state index in [1.165, 1.54) is 4.90 Å². The summed E-state index contributed by atoms with van der Waals surface area (Å²) in [7, 11) is 0. The Kier molecular flexibility index (Phi) is 7.63. The molecule has 0 fully saturated rings. The summed E-state index contributed by atoms with van der Waals surface area (Å²) in [6, 6.07) is 10.2. The third kappa shape index (κ3) is 5.30. The molecule has 0 spiro atoms. The molecule has 206 valence electrons. The lowest BCUT2D eigenvalue weighted by molar-refractivity contribution is -0.137. The van der Waals surface area contributed by atoms with Crippen molar-refractivity contribution in [3.63, 3.8) is 0 Å². The van der Waals surface area contributed by atoms with Gasteiger partial charge in [0.25, 0.3) is 0 Å². The van der Waals surface area contributed by atoms with Crippen molar-refractivity contribution in [2.45, 2.75) is 52.6 Å². The predicted octanol–water partition coefficient (Wildman–Crippen LogP) is 7.10. The van der Waals surface area contributed by atoms with E-state index in [1.807, 2.05) is 27.7 Å². The van der Waals surface area contributed by atoms with Crippen LogP contribution in [0.2, 0.25) is 5.02 Å². The maximum absolute atomic E-state index is 13.8. The van der Waals surface area contributed by atoms with E-state index >= 15 is 0 Å². The van der Waals surface area contributed by atoms with Gasteiger partial charge < -0.3 is 15.2 Å². The second-order valence-corrected chi connectivity index (χ2v) is 10.6. The molecule has 0 aromatic heterocycles. The minimum Gasteiger partial charge on any atom is -0.494 e. The van der Waals surface area contributed by atoms with Gasteiger partial charge in [0.1, 0.15) is 17.3 Å². The fraction of sp³-hybridized carbons (Fsp3) is 0.379. The van der Waals surface area contributed by atoms with Crippen molar-refractivity contribution in [3.8, 4) is 17.6 Å². The van der Waals surface area contributed by atoms with Crippen LogP contribution in [0.25, 0.3) is 0 Å². The summed E-state index contributed by atoms with van der Waals surface area (Å²) in [6.45, 7) is 8.16. The maximum atomic E-state index is 13.8. The topological polar surface area (TPSA) is 88.6 Å². The molecule has 2 aromatic rings. The lowest BCUT2D eigenvalue weighted by atomic mass is 9.68. The first-order valence-corrected chi connectivity index (χ1v) is 12.9. The summed E-state index contributed by atoms with van der Waals surface area (Å²) in [5.41, 5.74) is 6.31. The van der Waals surface area contributed by atoms with Crippen LogP contribution in [0.5, 0.6) is 11.5 Å². The molecule has 2 aliphatic rings. The highest BCUT2D eigenvalue weighted by Gasteiger charge is 2.46. The van der Waals surface area contributed by atoms with Crippen molar-refractivity contribution in [2.75, 3.05) is 18.1 Å². The zero-order chi connectivity index (χ0) is 28.7. The van der Waals surface area contributed by atoms with Crippen molar-refractivity contribution in [3.05, 3.63) is 75.2 Å². The van der Waals surface area contributed by atoms with Gasteiger partial charge in [0, 0.05) is 23.3 Å². The first-order chi connectivity index (χ1) is 18.3. The van der Waals surface area contributed by atoms with Crippen LogP contribution in [-0.2, 0) is 11.0 Å². The Hall–Kier alpha value is -3.64. The molecule has 1 aliphatic carbocycles. The first kappa shape index (κ1) is 28.4. The average Bonchev–Trinajstić information content (AvgIpc) is 2.84.